The fourth-order valence-electron chi connectivity index (χ4n) is 7.24. The van der Waals surface area contributed by atoms with Crippen molar-refractivity contribution in [2.45, 2.75) is 57.5 Å². The van der Waals surface area contributed by atoms with Gasteiger partial charge in [-0.1, -0.05) is 26.5 Å². The maximum Gasteiger partial charge on any atom is 0.354 e. The molecule has 5 heterocycles. The third-order valence-electron chi connectivity index (χ3n) is 9.45. The first-order valence-corrected chi connectivity index (χ1v) is 17.2. The highest BCUT2D eigenvalue weighted by Gasteiger charge is 2.45. The zero-order valence-electron chi connectivity index (χ0n) is 27.0. The average Bonchev–Trinajstić information content (AvgIpc) is 3.48. The van der Waals surface area contributed by atoms with E-state index >= 15 is 8.78 Å². The number of anilines is 1. The molecule has 14 heteroatoms. The van der Waals surface area contributed by atoms with Gasteiger partial charge in [0.1, 0.15) is 10.7 Å². The lowest BCUT2D eigenvalue weighted by Crippen LogP contribution is -2.60. The molecule has 0 spiro atoms. The number of H-pyrrole nitrogens is 1. The van der Waals surface area contributed by atoms with Gasteiger partial charge in [0.2, 0.25) is 5.91 Å². The molecule has 248 valence electrons. The first-order chi connectivity index (χ1) is 22.8. The van der Waals surface area contributed by atoms with E-state index < -0.39 is 66.9 Å². The predicted molar refractivity (Wildman–Crippen MR) is 178 cm³/mol. The van der Waals surface area contributed by atoms with Gasteiger partial charge in [0, 0.05) is 36.3 Å². The number of rotatable bonds is 4. The number of aromatic nitrogens is 5. The molecule has 48 heavy (non-hydrogen) atoms. The number of carbonyl (C=O) groups excluding carboxylic acids is 1. The number of nitrogens with zero attached hydrogens (tertiary/aromatic N) is 6. The number of benzene rings is 2. The maximum atomic E-state index is 17.7. The van der Waals surface area contributed by atoms with Crippen LogP contribution in [-0.4, -0.2) is 74.9 Å². The van der Waals surface area contributed by atoms with Gasteiger partial charge >= 0.3 is 5.69 Å². The molecule has 2 unspecified atom stereocenters. The van der Waals surface area contributed by atoms with Crippen LogP contribution in [0.25, 0.3) is 38.6 Å². The molecular weight excluding hydrogens is 640 g/mol. The first-order valence-electron chi connectivity index (χ1n) is 15.6. The van der Waals surface area contributed by atoms with E-state index in [4.69, 9.17) is 0 Å². The summed E-state index contributed by atoms with van der Waals surface area (Å²) in [5.41, 5.74) is 0.410. The average molecular weight is 674 g/mol. The molecule has 7 rings (SSSR count). The van der Waals surface area contributed by atoms with Crippen LogP contribution in [0.1, 0.15) is 43.5 Å². The van der Waals surface area contributed by atoms with Crippen LogP contribution < -0.4 is 10.6 Å². The Kier molecular flexibility index (Phi) is 7.27. The zero-order valence-corrected chi connectivity index (χ0v) is 27.8. The van der Waals surface area contributed by atoms with Crippen LogP contribution in [0.4, 0.5) is 14.6 Å². The summed E-state index contributed by atoms with van der Waals surface area (Å²) in [7, 11) is -4.55. The molecule has 3 aromatic heterocycles. The Labute approximate surface area is 274 Å². The smallest absolute Gasteiger partial charge is 0.348 e. The fourth-order valence-corrected chi connectivity index (χ4v) is 9.07. The van der Waals surface area contributed by atoms with Gasteiger partial charge in [0.25, 0.3) is 0 Å². The van der Waals surface area contributed by atoms with Gasteiger partial charge in [0.15, 0.2) is 21.5 Å². The minimum atomic E-state index is -4.55. The van der Waals surface area contributed by atoms with E-state index in [2.05, 4.69) is 26.7 Å². The second-order valence-corrected chi connectivity index (χ2v) is 14.8. The van der Waals surface area contributed by atoms with Crippen molar-refractivity contribution in [3.8, 4) is 16.8 Å². The van der Waals surface area contributed by atoms with Gasteiger partial charge in [-0.3, -0.25) is 19.4 Å². The molecule has 1 fully saturated rings. The number of carbonyl (C=O) groups is 1. The van der Waals surface area contributed by atoms with E-state index in [1.807, 2.05) is 13.8 Å². The number of sulfone groups is 1. The predicted octanol–water partition coefficient (Wildman–Crippen LogP) is 4.72. The van der Waals surface area contributed by atoms with Crippen LogP contribution in [0.5, 0.6) is 0 Å². The van der Waals surface area contributed by atoms with Crippen LogP contribution in [0.15, 0.2) is 52.9 Å². The molecule has 2 aliphatic heterocycles. The molecule has 1 N–H and O–H groups in total. The monoisotopic (exact) mass is 673 g/mol. The molecule has 11 nitrogen and oxygen atoms in total. The maximum absolute atomic E-state index is 17.7. The zero-order chi connectivity index (χ0) is 34.4. The fraction of sp³-hybridized carbons (Fsp3) is 0.324. The van der Waals surface area contributed by atoms with E-state index in [1.54, 1.807) is 50.1 Å². The lowest BCUT2D eigenvalue weighted by atomic mass is 9.94. The summed E-state index contributed by atoms with van der Waals surface area (Å²) in [5.74, 6) is -3.80. The van der Waals surface area contributed by atoms with E-state index in [1.165, 1.54) is 11.1 Å². The Morgan fingerprint density at radius 1 is 1.10 bits per heavy atom. The Hall–Kier alpha value is -4.98. The summed E-state index contributed by atoms with van der Waals surface area (Å²) in [6.45, 7) is 12.5. The Morgan fingerprint density at radius 3 is 2.56 bits per heavy atom. The summed E-state index contributed by atoms with van der Waals surface area (Å²) in [5, 5.41) is 6.91. The summed E-state index contributed by atoms with van der Waals surface area (Å²) in [4.78, 5) is 38.3. The minimum absolute atomic E-state index is 0.0604. The quantitative estimate of drug-likeness (QED) is 0.214. The second kappa shape index (κ2) is 11.0. The third-order valence-corrected chi connectivity index (χ3v) is 11.3. The van der Waals surface area contributed by atoms with Crippen LogP contribution in [0, 0.1) is 25.5 Å². The van der Waals surface area contributed by atoms with E-state index in [0.717, 1.165) is 10.6 Å². The minimum Gasteiger partial charge on any atom is -0.348 e. The Balaban J connectivity index is 1.70. The van der Waals surface area contributed by atoms with E-state index in [0.29, 0.717) is 27.7 Å². The molecule has 0 radical (unpaired) electrons. The number of hydrogen-bond acceptors (Lipinski definition) is 8. The molecule has 1 saturated heterocycles. The molecule has 2 aliphatic rings. The van der Waals surface area contributed by atoms with Gasteiger partial charge in [0.05, 0.1) is 51.4 Å². The second-order valence-electron chi connectivity index (χ2n) is 12.8. The molecule has 0 aliphatic carbocycles. The van der Waals surface area contributed by atoms with Crippen molar-refractivity contribution in [1.82, 2.24) is 29.6 Å². The molecule has 2 aromatic carbocycles. The van der Waals surface area contributed by atoms with Gasteiger partial charge < -0.3 is 9.80 Å². The number of halogens is 2. The Bertz CT molecular complexity index is 2390. The van der Waals surface area contributed by atoms with Crippen LogP contribution in [0.3, 0.4) is 0 Å². The van der Waals surface area contributed by atoms with E-state index in [9.17, 15) is 18.0 Å². The normalized spacial score (nSPS) is 18.8. The number of hydrogen-bond donors (Lipinski definition) is 1. The van der Waals surface area contributed by atoms with Crippen molar-refractivity contribution in [1.29, 1.82) is 0 Å². The highest BCUT2D eigenvalue weighted by Crippen LogP contribution is 2.46. The van der Waals surface area contributed by atoms with Crippen molar-refractivity contribution < 1.29 is 22.0 Å². The van der Waals surface area contributed by atoms with Crippen molar-refractivity contribution >= 4 is 43.4 Å². The number of nitrogens with one attached hydrogen (secondary N) is 1. The van der Waals surface area contributed by atoms with Crippen LogP contribution in [-0.2, 0) is 14.6 Å². The van der Waals surface area contributed by atoms with Crippen molar-refractivity contribution in [2.75, 3.05) is 23.7 Å². The number of fused-ring (bicyclic) bond motifs is 3. The van der Waals surface area contributed by atoms with Crippen molar-refractivity contribution in [3.05, 3.63) is 82.2 Å². The van der Waals surface area contributed by atoms with Crippen molar-refractivity contribution in [2.24, 2.45) is 0 Å². The molecular formula is C34H33F2N7O4S. The summed E-state index contributed by atoms with van der Waals surface area (Å²) in [6.07, 6.45) is 4.15. The lowest BCUT2D eigenvalue weighted by Gasteiger charge is -2.44. The summed E-state index contributed by atoms with van der Waals surface area (Å²) in [6, 6.07) is 3.66. The number of aromatic amines is 1. The molecule has 5 aromatic rings. The standard InChI is InChI=1S/C34H33F2N7O4S/c1-7-23(44)41-14-20-15-48(46,47)32-26-31(27(35)25(28(32)36)24-17(4)8-9-22-21(24)12-38-40-22)43(30-18(5)10-11-37-29(30)16(2)3)34(45)39-33(26)42(20)13-19(41)6/h7-12,16,19-20H,1,13-15H2,2-6H3,(H,38,40). The number of aryl methyl sites for hydroxylation is 2. The van der Waals surface area contributed by atoms with Crippen molar-refractivity contribution in [3.63, 3.8) is 0 Å². The number of piperazine rings is 1. The summed E-state index contributed by atoms with van der Waals surface area (Å²) >= 11 is 0. The van der Waals surface area contributed by atoms with Gasteiger partial charge in [-0.2, -0.15) is 10.1 Å². The topological polar surface area (TPSA) is 134 Å². The van der Waals surface area contributed by atoms with E-state index in [-0.39, 0.29) is 41.5 Å². The van der Waals surface area contributed by atoms with Gasteiger partial charge in [-0.15, -0.1) is 0 Å². The first kappa shape index (κ1) is 31.6. The highest BCUT2D eigenvalue weighted by molar-refractivity contribution is 7.91. The summed E-state index contributed by atoms with van der Waals surface area (Å²) < 4.78 is 65.0. The number of pyridine rings is 1. The number of amides is 1. The van der Waals surface area contributed by atoms with Crippen LogP contribution >= 0.6 is 0 Å². The van der Waals surface area contributed by atoms with Gasteiger partial charge in [-0.25, -0.2) is 22.0 Å². The van der Waals surface area contributed by atoms with Gasteiger partial charge in [-0.05, 0) is 56.0 Å². The highest BCUT2D eigenvalue weighted by atomic mass is 32.2. The molecule has 0 bridgehead atoms. The SMILES string of the molecule is C=CC(=O)N1CC2CS(=O)(=O)c3c(F)c(-c4c(C)ccc5[nH]ncc45)c(F)c4c3c(nc(=O)n4-c3c(C)ccnc3C(C)C)N2CC1C. The van der Waals surface area contributed by atoms with Crippen LogP contribution in [0.2, 0.25) is 0 Å². The third kappa shape index (κ3) is 4.49. The molecule has 1 amide bonds. The lowest BCUT2D eigenvalue weighted by molar-refractivity contribution is -0.128. The largest absolute Gasteiger partial charge is 0.354 e. The molecule has 0 saturated carbocycles. The Morgan fingerprint density at radius 2 is 1.85 bits per heavy atom. The molecule has 2 atom stereocenters.